The summed E-state index contributed by atoms with van der Waals surface area (Å²) >= 11 is 2.21. The molecule has 0 aliphatic heterocycles. The van der Waals surface area contributed by atoms with E-state index in [4.69, 9.17) is 4.84 Å². The van der Waals surface area contributed by atoms with Gasteiger partial charge in [0.25, 0.3) is 5.91 Å². The van der Waals surface area contributed by atoms with Crippen molar-refractivity contribution in [2.45, 2.75) is 19.8 Å². The maximum Gasteiger partial charge on any atom is 0.277 e. The number of halogens is 2. The molecule has 144 valence electrons. The van der Waals surface area contributed by atoms with Gasteiger partial charge in [0.15, 0.2) is 5.82 Å². The minimum absolute atomic E-state index is 0.0461. The van der Waals surface area contributed by atoms with Crippen molar-refractivity contribution in [3.63, 3.8) is 0 Å². The number of fused-ring (bicyclic) bond motifs is 1. The molecule has 4 rings (SSSR count). The van der Waals surface area contributed by atoms with Crippen molar-refractivity contribution in [3.8, 4) is 0 Å². The standard InChI is InChI=1S/C20H18FIN4O2/c1-11-8-13(22)4-5-15(11)25-18-14(20(27)26-28-10-12-2-3-12)9-16-19(17(18)21)24-7-6-23-16/h4-9,12,25H,2-3,10H2,1H3,(H,26,27). The zero-order valence-electron chi connectivity index (χ0n) is 15.1. The predicted molar refractivity (Wildman–Crippen MR) is 113 cm³/mol. The van der Waals surface area contributed by atoms with Crippen LogP contribution in [0.25, 0.3) is 11.0 Å². The van der Waals surface area contributed by atoms with E-state index in [0.717, 1.165) is 22.0 Å². The number of aromatic nitrogens is 2. The van der Waals surface area contributed by atoms with Crippen molar-refractivity contribution in [2.75, 3.05) is 11.9 Å². The Morgan fingerprint density at radius 1 is 1.29 bits per heavy atom. The monoisotopic (exact) mass is 492 g/mol. The highest BCUT2D eigenvalue weighted by Gasteiger charge is 2.24. The first-order valence-corrected chi connectivity index (χ1v) is 9.99. The molecule has 6 nitrogen and oxygen atoms in total. The van der Waals surface area contributed by atoms with E-state index in [1.165, 1.54) is 18.5 Å². The van der Waals surface area contributed by atoms with Gasteiger partial charge in [-0.2, -0.15) is 0 Å². The van der Waals surface area contributed by atoms with E-state index in [1.54, 1.807) is 0 Å². The maximum absolute atomic E-state index is 15.3. The van der Waals surface area contributed by atoms with Crippen LogP contribution in [0.4, 0.5) is 15.8 Å². The molecule has 3 aromatic rings. The molecule has 0 saturated heterocycles. The Morgan fingerprint density at radius 2 is 2.07 bits per heavy atom. The number of benzene rings is 2. The van der Waals surface area contributed by atoms with E-state index >= 15 is 4.39 Å². The average molecular weight is 492 g/mol. The van der Waals surface area contributed by atoms with Crippen molar-refractivity contribution in [1.29, 1.82) is 0 Å². The third kappa shape index (κ3) is 4.07. The van der Waals surface area contributed by atoms with Crippen molar-refractivity contribution in [2.24, 2.45) is 5.92 Å². The normalized spacial score (nSPS) is 13.5. The van der Waals surface area contributed by atoms with Gasteiger partial charge in [0.1, 0.15) is 5.52 Å². The Hall–Kier alpha value is -2.33. The molecular weight excluding hydrogens is 474 g/mol. The predicted octanol–water partition coefficient (Wildman–Crippen LogP) is 4.50. The Labute approximate surface area is 175 Å². The lowest BCUT2D eigenvalue weighted by atomic mass is 10.1. The van der Waals surface area contributed by atoms with E-state index < -0.39 is 11.7 Å². The molecule has 28 heavy (non-hydrogen) atoms. The van der Waals surface area contributed by atoms with Gasteiger partial charge in [-0.05, 0) is 78.1 Å². The smallest absolute Gasteiger partial charge is 0.277 e. The first-order chi connectivity index (χ1) is 13.5. The third-order valence-electron chi connectivity index (χ3n) is 4.58. The van der Waals surface area contributed by atoms with Crippen LogP contribution in [0.3, 0.4) is 0 Å². The highest BCUT2D eigenvalue weighted by Crippen LogP contribution is 2.31. The van der Waals surface area contributed by atoms with Gasteiger partial charge in [0.2, 0.25) is 0 Å². The third-order valence-corrected chi connectivity index (χ3v) is 5.25. The highest BCUT2D eigenvalue weighted by molar-refractivity contribution is 14.1. The number of carbonyl (C=O) groups is 1. The summed E-state index contributed by atoms with van der Waals surface area (Å²) in [5, 5.41) is 3.06. The number of carbonyl (C=O) groups excluding carboxylic acids is 1. The molecule has 1 amide bonds. The second kappa shape index (κ2) is 7.96. The topological polar surface area (TPSA) is 76.1 Å². The summed E-state index contributed by atoms with van der Waals surface area (Å²) in [5.41, 5.74) is 4.61. The van der Waals surface area contributed by atoms with Gasteiger partial charge in [0, 0.05) is 21.7 Å². The van der Waals surface area contributed by atoms with Crippen LogP contribution in [0, 0.1) is 22.2 Å². The maximum atomic E-state index is 15.3. The van der Waals surface area contributed by atoms with Crippen LogP contribution < -0.4 is 10.8 Å². The molecule has 1 saturated carbocycles. The summed E-state index contributed by atoms with van der Waals surface area (Å²) in [7, 11) is 0. The number of rotatable bonds is 6. The quantitative estimate of drug-likeness (QED) is 0.392. The van der Waals surface area contributed by atoms with E-state index in [0.29, 0.717) is 23.7 Å². The molecule has 0 spiro atoms. The molecule has 1 heterocycles. The van der Waals surface area contributed by atoms with Gasteiger partial charge >= 0.3 is 0 Å². The Balaban J connectivity index is 1.72. The molecule has 2 N–H and O–H groups in total. The molecule has 1 fully saturated rings. The fourth-order valence-corrected chi connectivity index (χ4v) is 3.48. The molecule has 0 radical (unpaired) electrons. The molecule has 1 aliphatic carbocycles. The van der Waals surface area contributed by atoms with Crippen molar-refractivity contribution >= 4 is 50.9 Å². The molecule has 1 aromatic heterocycles. The lowest BCUT2D eigenvalue weighted by molar-refractivity contribution is 0.0271. The van der Waals surface area contributed by atoms with Gasteiger partial charge < -0.3 is 5.32 Å². The second-order valence-electron chi connectivity index (χ2n) is 6.81. The minimum atomic E-state index is -0.629. The number of aryl methyl sites for hydroxylation is 1. The summed E-state index contributed by atoms with van der Waals surface area (Å²) in [6, 6.07) is 7.25. The van der Waals surface area contributed by atoms with Gasteiger partial charge in [-0.15, -0.1) is 0 Å². The number of anilines is 2. The first kappa shape index (κ1) is 19.0. The Kier molecular flexibility index (Phi) is 5.40. The van der Waals surface area contributed by atoms with Crippen LogP contribution in [0.5, 0.6) is 0 Å². The average Bonchev–Trinajstić information content (AvgIpc) is 3.50. The van der Waals surface area contributed by atoms with Gasteiger partial charge in [-0.25, -0.2) is 14.9 Å². The van der Waals surface area contributed by atoms with Crippen molar-refractivity contribution in [1.82, 2.24) is 15.4 Å². The van der Waals surface area contributed by atoms with Gasteiger partial charge in [0.05, 0.1) is 23.4 Å². The number of hydrogen-bond donors (Lipinski definition) is 2. The molecule has 0 atom stereocenters. The zero-order valence-corrected chi connectivity index (χ0v) is 17.3. The largest absolute Gasteiger partial charge is 0.352 e. The van der Waals surface area contributed by atoms with Crippen LogP contribution in [-0.4, -0.2) is 22.5 Å². The summed E-state index contributed by atoms with van der Waals surface area (Å²) < 4.78 is 16.3. The summed E-state index contributed by atoms with van der Waals surface area (Å²) in [4.78, 5) is 26.2. The van der Waals surface area contributed by atoms with Crippen LogP contribution in [0.2, 0.25) is 0 Å². The van der Waals surface area contributed by atoms with E-state index in [1.807, 2.05) is 25.1 Å². The zero-order chi connectivity index (χ0) is 19.7. The number of hydrogen-bond acceptors (Lipinski definition) is 5. The summed E-state index contributed by atoms with van der Waals surface area (Å²) in [6.45, 7) is 2.38. The minimum Gasteiger partial charge on any atom is -0.352 e. The van der Waals surface area contributed by atoms with Crippen LogP contribution >= 0.6 is 22.6 Å². The fraction of sp³-hybridized carbons (Fsp3) is 0.250. The van der Waals surface area contributed by atoms with E-state index in [9.17, 15) is 4.79 Å². The lowest BCUT2D eigenvalue weighted by Gasteiger charge is -2.16. The highest BCUT2D eigenvalue weighted by atomic mass is 127. The van der Waals surface area contributed by atoms with E-state index in [2.05, 4.69) is 43.4 Å². The molecule has 1 aliphatic rings. The molecule has 0 unspecified atom stereocenters. The molecule has 0 bridgehead atoms. The first-order valence-electron chi connectivity index (χ1n) is 8.91. The number of amides is 1. The van der Waals surface area contributed by atoms with Crippen LogP contribution in [0.1, 0.15) is 28.8 Å². The molecular formula is C20H18FIN4O2. The number of hydroxylamine groups is 1. The van der Waals surface area contributed by atoms with Gasteiger partial charge in [-0.1, -0.05) is 0 Å². The number of nitrogens with one attached hydrogen (secondary N) is 2. The Morgan fingerprint density at radius 3 is 2.82 bits per heavy atom. The molecule has 2 aromatic carbocycles. The van der Waals surface area contributed by atoms with Crippen molar-refractivity contribution < 1.29 is 14.0 Å². The van der Waals surface area contributed by atoms with Crippen molar-refractivity contribution in [3.05, 3.63) is 57.2 Å². The fourth-order valence-electron chi connectivity index (χ4n) is 2.84. The van der Waals surface area contributed by atoms with Gasteiger partial charge in [-0.3, -0.25) is 14.6 Å². The van der Waals surface area contributed by atoms with Crippen LogP contribution in [0.15, 0.2) is 36.7 Å². The second-order valence-corrected chi connectivity index (χ2v) is 8.05. The summed E-state index contributed by atoms with van der Waals surface area (Å²) in [6.07, 6.45) is 5.09. The molecule has 8 heteroatoms. The number of nitrogens with zero attached hydrogens (tertiary/aromatic N) is 2. The van der Waals surface area contributed by atoms with Crippen LogP contribution in [-0.2, 0) is 4.84 Å². The lowest BCUT2D eigenvalue weighted by Crippen LogP contribution is -2.26. The SMILES string of the molecule is Cc1cc(I)ccc1Nc1c(C(=O)NOCC2CC2)cc2nccnc2c1F. The summed E-state index contributed by atoms with van der Waals surface area (Å²) in [5.74, 6) is -0.666. The van der Waals surface area contributed by atoms with E-state index in [-0.39, 0.29) is 16.8 Å². The Bertz CT molecular complexity index is 1060.